The predicted octanol–water partition coefficient (Wildman–Crippen LogP) is 3.37. The molecule has 0 unspecified atom stereocenters. The molecule has 0 spiro atoms. The number of carbonyl (C=O) groups is 2. The molecule has 1 saturated carbocycles. The number of hydrogen-bond donors (Lipinski definition) is 1. The van der Waals surface area contributed by atoms with E-state index in [0.29, 0.717) is 25.2 Å². The van der Waals surface area contributed by atoms with Gasteiger partial charge in [0.1, 0.15) is 6.04 Å². The van der Waals surface area contributed by atoms with Gasteiger partial charge in [-0.2, -0.15) is 4.31 Å². The molecular formula is C24H35N3O4S. The van der Waals surface area contributed by atoms with E-state index in [9.17, 15) is 18.0 Å². The first kappa shape index (κ1) is 23.2. The van der Waals surface area contributed by atoms with Gasteiger partial charge in [-0.3, -0.25) is 14.5 Å². The second-order valence-corrected chi connectivity index (χ2v) is 11.4. The van der Waals surface area contributed by atoms with Crippen molar-refractivity contribution in [1.29, 1.82) is 0 Å². The normalized spacial score (nSPS) is 23.3. The zero-order chi connectivity index (χ0) is 22.7. The van der Waals surface area contributed by atoms with Crippen LogP contribution in [-0.4, -0.2) is 49.7 Å². The lowest BCUT2D eigenvalue weighted by molar-refractivity contribution is -0.126. The molecule has 1 atom stereocenters. The van der Waals surface area contributed by atoms with Crippen LogP contribution in [0.15, 0.2) is 23.1 Å². The van der Waals surface area contributed by atoms with Gasteiger partial charge in [-0.15, -0.1) is 0 Å². The molecule has 176 valence electrons. The summed E-state index contributed by atoms with van der Waals surface area (Å²) in [4.78, 5) is 27.4. The highest BCUT2D eigenvalue weighted by atomic mass is 32.2. The van der Waals surface area contributed by atoms with Crippen molar-refractivity contribution in [2.45, 2.75) is 94.5 Å². The van der Waals surface area contributed by atoms with Gasteiger partial charge in [-0.1, -0.05) is 38.5 Å². The average Bonchev–Trinajstić information content (AvgIpc) is 2.95. The highest BCUT2D eigenvalue weighted by Gasteiger charge is 2.38. The Hall–Kier alpha value is -1.93. The van der Waals surface area contributed by atoms with Crippen molar-refractivity contribution < 1.29 is 18.0 Å². The summed E-state index contributed by atoms with van der Waals surface area (Å²) in [7, 11) is -3.58. The first-order valence-corrected chi connectivity index (χ1v) is 13.5. The molecule has 2 amide bonds. The lowest BCUT2D eigenvalue weighted by atomic mass is 10.1. The average molecular weight is 462 g/mol. The Bertz CT molecular complexity index is 946. The van der Waals surface area contributed by atoms with Crippen LogP contribution in [-0.2, 0) is 26.0 Å². The van der Waals surface area contributed by atoms with Crippen LogP contribution in [0.5, 0.6) is 0 Å². The fraction of sp³-hybridized carbons (Fsp3) is 0.667. The fourth-order valence-electron chi connectivity index (χ4n) is 5.34. The Morgan fingerprint density at radius 1 is 0.938 bits per heavy atom. The van der Waals surface area contributed by atoms with Crippen LogP contribution >= 0.6 is 0 Å². The van der Waals surface area contributed by atoms with E-state index in [4.69, 9.17) is 0 Å². The van der Waals surface area contributed by atoms with Gasteiger partial charge in [0.2, 0.25) is 21.8 Å². The zero-order valence-electron chi connectivity index (χ0n) is 19.0. The summed E-state index contributed by atoms with van der Waals surface area (Å²) in [6, 6.07) is 4.48. The standard InChI is InChI=1S/C24H35N3O4S/c1-18(28)27-22-13-12-21(32(30,31)26-14-8-4-5-9-15-26)16-19(22)17-23(27)24(29)25-20-10-6-2-3-7-11-20/h12-13,16,20,23H,2-11,14-15,17H2,1H3,(H,25,29)/t23-/m1/s1. The van der Waals surface area contributed by atoms with E-state index < -0.39 is 16.1 Å². The minimum absolute atomic E-state index is 0.139. The summed E-state index contributed by atoms with van der Waals surface area (Å²) < 4.78 is 28.0. The first-order valence-electron chi connectivity index (χ1n) is 12.1. The Kier molecular flexibility index (Phi) is 7.20. The van der Waals surface area contributed by atoms with Gasteiger partial charge in [-0.05, 0) is 49.4 Å². The van der Waals surface area contributed by atoms with Crippen molar-refractivity contribution in [1.82, 2.24) is 9.62 Å². The number of fused-ring (bicyclic) bond motifs is 1. The molecule has 1 aromatic carbocycles. The summed E-state index contributed by atoms with van der Waals surface area (Å²) in [6.45, 7) is 2.56. The smallest absolute Gasteiger partial charge is 0.243 e. The second-order valence-electron chi connectivity index (χ2n) is 9.41. The van der Waals surface area contributed by atoms with Crippen LogP contribution in [0.25, 0.3) is 0 Å². The molecule has 2 aliphatic heterocycles. The molecule has 0 aromatic heterocycles. The Labute approximate surface area is 191 Å². The molecule has 1 N–H and O–H groups in total. The number of nitrogens with zero attached hydrogens (tertiary/aromatic N) is 2. The van der Waals surface area contributed by atoms with E-state index in [1.165, 1.54) is 24.7 Å². The van der Waals surface area contributed by atoms with Gasteiger partial charge < -0.3 is 5.32 Å². The Balaban J connectivity index is 1.55. The maximum Gasteiger partial charge on any atom is 0.243 e. The quantitative estimate of drug-likeness (QED) is 0.697. The lowest BCUT2D eigenvalue weighted by Crippen LogP contribution is -2.50. The largest absolute Gasteiger partial charge is 0.352 e. The van der Waals surface area contributed by atoms with Gasteiger partial charge in [0, 0.05) is 38.2 Å². The third-order valence-corrected chi connectivity index (χ3v) is 8.98. The number of rotatable bonds is 4. The lowest BCUT2D eigenvalue weighted by Gasteiger charge is -2.26. The summed E-state index contributed by atoms with van der Waals surface area (Å²) in [5.41, 5.74) is 1.39. The molecule has 32 heavy (non-hydrogen) atoms. The van der Waals surface area contributed by atoms with Crippen LogP contribution in [0, 0.1) is 0 Å². The van der Waals surface area contributed by atoms with E-state index in [1.807, 2.05) is 0 Å². The summed E-state index contributed by atoms with van der Waals surface area (Å²) in [5, 5.41) is 3.16. The van der Waals surface area contributed by atoms with Crippen molar-refractivity contribution in [2.75, 3.05) is 18.0 Å². The van der Waals surface area contributed by atoms with Crippen LogP contribution < -0.4 is 10.2 Å². The van der Waals surface area contributed by atoms with Gasteiger partial charge in [0.15, 0.2) is 0 Å². The zero-order valence-corrected chi connectivity index (χ0v) is 19.8. The first-order chi connectivity index (χ1) is 15.4. The highest BCUT2D eigenvalue weighted by Crippen LogP contribution is 2.35. The van der Waals surface area contributed by atoms with Crippen molar-refractivity contribution in [2.24, 2.45) is 0 Å². The maximum absolute atomic E-state index is 13.2. The monoisotopic (exact) mass is 461 g/mol. The summed E-state index contributed by atoms with van der Waals surface area (Å²) in [5.74, 6) is -0.340. The summed E-state index contributed by atoms with van der Waals surface area (Å²) in [6.07, 6.45) is 10.8. The Morgan fingerprint density at radius 3 is 2.19 bits per heavy atom. The van der Waals surface area contributed by atoms with E-state index in [2.05, 4.69) is 5.32 Å². The molecule has 1 saturated heterocycles. The number of hydrogen-bond acceptors (Lipinski definition) is 4. The fourth-order valence-corrected chi connectivity index (χ4v) is 6.91. The van der Waals surface area contributed by atoms with E-state index in [0.717, 1.165) is 56.9 Å². The van der Waals surface area contributed by atoms with Crippen molar-refractivity contribution in [3.05, 3.63) is 23.8 Å². The maximum atomic E-state index is 13.2. The molecule has 8 heteroatoms. The van der Waals surface area contributed by atoms with Gasteiger partial charge >= 0.3 is 0 Å². The van der Waals surface area contributed by atoms with Crippen molar-refractivity contribution in [3.8, 4) is 0 Å². The number of anilines is 1. The molecule has 2 fully saturated rings. The molecule has 3 aliphatic rings. The molecule has 0 bridgehead atoms. The SMILES string of the molecule is CC(=O)N1c2ccc(S(=O)(=O)N3CCCCCC3)cc2C[C@@H]1C(=O)NC1CCCCCC1. The Morgan fingerprint density at radius 2 is 1.56 bits per heavy atom. The number of amides is 2. The van der Waals surface area contributed by atoms with Crippen molar-refractivity contribution in [3.63, 3.8) is 0 Å². The minimum Gasteiger partial charge on any atom is -0.352 e. The van der Waals surface area contributed by atoms with E-state index >= 15 is 0 Å². The predicted molar refractivity (Wildman–Crippen MR) is 124 cm³/mol. The summed E-state index contributed by atoms with van der Waals surface area (Å²) >= 11 is 0. The molecule has 1 aromatic rings. The highest BCUT2D eigenvalue weighted by molar-refractivity contribution is 7.89. The topological polar surface area (TPSA) is 86.8 Å². The van der Waals surface area contributed by atoms with Crippen LogP contribution in [0.1, 0.15) is 76.7 Å². The molecule has 2 heterocycles. The van der Waals surface area contributed by atoms with E-state index in [1.54, 1.807) is 22.5 Å². The molecule has 1 aliphatic carbocycles. The van der Waals surface area contributed by atoms with Gasteiger partial charge in [0.25, 0.3) is 0 Å². The van der Waals surface area contributed by atoms with Crippen LogP contribution in [0.2, 0.25) is 0 Å². The van der Waals surface area contributed by atoms with Gasteiger partial charge in [0.05, 0.1) is 4.90 Å². The second kappa shape index (κ2) is 9.91. The van der Waals surface area contributed by atoms with Crippen LogP contribution in [0.4, 0.5) is 5.69 Å². The van der Waals surface area contributed by atoms with Crippen LogP contribution in [0.3, 0.4) is 0 Å². The third-order valence-electron chi connectivity index (χ3n) is 7.08. The number of benzene rings is 1. The van der Waals surface area contributed by atoms with Crippen molar-refractivity contribution >= 4 is 27.5 Å². The molecule has 0 radical (unpaired) electrons. The minimum atomic E-state index is -3.58. The number of nitrogens with one attached hydrogen (secondary N) is 1. The molecular weight excluding hydrogens is 426 g/mol. The van der Waals surface area contributed by atoms with Gasteiger partial charge in [-0.25, -0.2) is 8.42 Å². The molecule has 4 rings (SSSR count). The third kappa shape index (κ3) is 4.86. The molecule has 7 nitrogen and oxygen atoms in total. The number of carbonyl (C=O) groups excluding carboxylic acids is 2. The van der Waals surface area contributed by atoms with E-state index in [-0.39, 0.29) is 22.8 Å². The number of sulfonamides is 1.